The molecular weight excluding hydrogens is 312 g/mol. The summed E-state index contributed by atoms with van der Waals surface area (Å²) in [4.78, 5) is 25.2. The topological polar surface area (TPSA) is 72.6 Å². The predicted molar refractivity (Wildman–Crippen MR) is 76.8 cm³/mol. The first-order chi connectivity index (χ1) is 8.99. The Kier molecular flexibility index (Phi) is 5.82. The van der Waals surface area contributed by atoms with E-state index in [1.165, 1.54) is 4.90 Å². The zero-order valence-electron chi connectivity index (χ0n) is 11.0. The molecular formula is C13H17BrN2O3. The molecule has 0 saturated heterocycles. The Balaban J connectivity index is 2.89. The molecule has 1 aromatic carbocycles. The molecule has 104 valence electrons. The van der Waals surface area contributed by atoms with E-state index in [0.29, 0.717) is 28.9 Å². The van der Waals surface area contributed by atoms with Crippen molar-refractivity contribution < 1.29 is 14.3 Å². The number of hydrogen-bond donors (Lipinski definition) is 1. The fourth-order valence-corrected chi connectivity index (χ4v) is 1.98. The lowest BCUT2D eigenvalue weighted by Crippen LogP contribution is -2.36. The third-order valence-electron chi connectivity index (χ3n) is 2.52. The van der Waals surface area contributed by atoms with Gasteiger partial charge in [0, 0.05) is 16.7 Å². The molecule has 0 aliphatic heterocycles. The highest BCUT2D eigenvalue weighted by Gasteiger charge is 2.20. The van der Waals surface area contributed by atoms with Crippen LogP contribution in [0.3, 0.4) is 0 Å². The lowest BCUT2D eigenvalue weighted by atomic mass is 10.1. The lowest BCUT2D eigenvalue weighted by Gasteiger charge is -2.20. The number of ether oxygens (including phenoxy) is 1. The summed E-state index contributed by atoms with van der Waals surface area (Å²) in [5, 5.41) is 0. The number of hydrogen-bond acceptors (Lipinski definition) is 4. The summed E-state index contributed by atoms with van der Waals surface area (Å²) < 4.78 is 5.49. The van der Waals surface area contributed by atoms with Gasteiger partial charge in [-0.25, -0.2) is 0 Å². The average molecular weight is 329 g/mol. The van der Waals surface area contributed by atoms with Gasteiger partial charge in [-0.3, -0.25) is 9.59 Å². The number of carbonyl (C=O) groups is 2. The zero-order chi connectivity index (χ0) is 14.4. The Morgan fingerprint density at radius 2 is 2.05 bits per heavy atom. The number of amides is 1. The summed E-state index contributed by atoms with van der Waals surface area (Å²) in [7, 11) is 0. The molecule has 0 aromatic heterocycles. The van der Waals surface area contributed by atoms with Gasteiger partial charge in [0.2, 0.25) is 0 Å². The molecule has 0 spiro atoms. The van der Waals surface area contributed by atoms with Crippen LogP contribution in [0.5, 0.6) is 0 Å². The highest BCUT2D eigenvalue weighted by molar-refractivity contribution is 9.10. The second-order valence-electron chi connectivity index (χ2n) is 3.86. The van der Waals surface area contributed by atoms with Crippen molar-refractivity contribution in [3.8, 4) is 0 Å². The normalized spacial score (nSPS) is 10.1. The molecule has 0 saturated carbocycles. The van der Waals surface area contributed by atoms with Crippen molar-refractivity contribution in [3.05, 3.63) is 28.2 Å². The van der Waals surface area contributed by atoms with Crippen LogP contribution in [0.25, 0.3) is 0 Å². The number of carbonyl (C=O) groups excluding carboxylic acids is 2. The molecule has 0 heterocycles. The molecule has 0 atom stereocenters. The maximum absolute atomic E-state index is 12.3. The maximum Gasteiger partial charge on any atom is 0.325 e. The lowest BCUT2D eigenvalue weighted by molar-refractivity contribution is -0.143. The summed E-state index contributed by atoms with van der Waals surface area (Å²) in [6.45, 7) is 4.18. The number of anilines is 1. The fourth-order valence-electron chi connectivity index (χ4n) is 1.57. The van der Waals surface area contributed by atoms with Gasteiger partial charge in [0.1, 0.15) is 6.54 Å². The second-order valence-corrected chi connectivity index (χ2v) is 4.72. The fraction of sp³-hybridized carbons (Fsp3) is 0.385. The Morgan fingerprint density at radius 3 is 2.63 bits per heavy atom. The molecule has 1 rings (SSSR count). The van der Waals surface area contributed by atoms with Gasteiger partial charge in [0.15, 0.2) is 0 Å². The van der Waals surface area contributed by atoms with Crippen LogP contribution < -0.4 is 5.73 Å². The Morgan fingerprint density at radius 1 is 1.37 bits per heavy atom. The van der Waals surface area contributed by atoms with Crippen molar-refractivity contribution in [2.45, 2.75) is 13.8 Å². The third-order valence-corrected chi connectivity index (χ3v) is 3.21. The molecule has 2 N–H and O–H groups in total. The van der Waals surface area contributed by atoms with Gasteiger partial charge in [-0.2, -0.15) is 0 Å². The number of benzene rings is 1. The van der Waals surface area contributed by atoms with Crippen LogP contribution in [0.1, 0.15) is 24.2 Å². The third kappa shape index (κ3) is 4.24. The highest BCUT2D eigenvalue weighted by Crippen LogP contribution is 2.21. The second kappa shape index (κ2) is 7.13. The van der Waals surface area contributed by atoms with Gasteiger partial charge in [-0.15, -0.1) is 0 Å². The summed E-state index contributed by atoms with van der Waals surface area (Å²) >= 11 is 3.31. The Bertz CT molecular complexity index is 477. The van der Waals surface area contributed by atoms with Crippen molar-refractivity contribution >= 4 is 33.5 Å². The first kappa shape index (κ1) is 15.5. The zero-order valence-corrected chi connectivity index (χ0v) is 12.6. The number of halogens is 1. The van der Waals surface area contributed by atoms with Gasteiger partial charge >= 0.3 is 5.97 Å². The van der Waals surface area contributed by atoms with E-state index in [4.69, 9.17) is 10.5 Å². The number of nitrogens with two attached hydrogens (primary N) is 1. The smallest absolute Gasteiger partial charge is 0.325 e. The average Bonchev–Trinajstić information content (AvgIpc) is 2.38. The van der Waals surface area contributed by atoms with E-state index >= 15 is 0 Å². The number of nitrogen functional groups attached to an aromatic ring is 1. The van der Waals surface area contributed by atoms with Crippen LogP contribution in [0.4, 0.5) is 5.69 Å². The van der Waals surface area contributed by atoms with Crippen molar-refractivity contribution in [2.75, 3.05) is 25.4 Å². The molecule has 19 heavy (non-hydrogen) atoms. The summed E-state index contributed by atoms with van der Waals surface area (Å²) in [6, 6.07) is 4.99. The van der Waals surface area contributed by atoms with Gasteiger partial charge in [0.05, 0.1) is 12.2 Å². The van der Waals surface area contributed by atoms with E-state index in [2.05, 4.69) is 15.9 Å². The number of nitrogens with zero attached hydrogens (tertiary/aromatic N) is 1. The van der Waals surface area contributed by atoms with E-state index in [-0.39, 0.29) is 12.5 Å². The number of esters is 1. The molecule has 0 unspecified atom stereocenters. The van der Waals surface area contributed by atoms with Crippen LogP contribution in [0.2, 0.25) is 0 Å². The molecule has 6 heteroatoms. The highest BCUT2D eigenvalue weighted by atomic mass is 79.9. The van der Waals surface area contributed by atoms with Crippen molar-refractivity contribution in [3.63, 3.8) is 0 Å². The molecule has 0 fully saturated rings. The summed E-state index contributed by atoms with van der Waals surface area (Å²) in [6.07, 6.45) is 0. The van der Waals surface area contributed by atoms with Crippen LogP contribution in [-0.2, 0) is 9.53 Å². The maximum atomic E-state index is 12.3. The number of likely N-dealkylation sites (N-methyl/N-ethyl adjacent to an activating group) is 1. The van der Waals surface area contributed by atoms with E-state index < -0.39 is 5.97 Å². The van der Waals surface area contributed by atoms with E-state index in [0.717, 1.165) is 0 Å². The Labute approximate surface area is 120 Å². The van der Waals surface area contributed by atoms with E-state index in [1.54, 1.807) is 32.0 Å². The van der Waals surface area contributed by atoms with E-state index in [1.807, 2.05) is 0 Å². The van der Waals surface area contributed by atoms with E-state index in [9.17, 15) is 9.59 Å². The molecule has 1 amide bonds. The largest absolute Gasteiger partial charge is 0.465 e. The van der Waals surface area contributed by atoms with Gasteiger partial charge < -0.3 is 15.4 Å². The van der Waals surface area contributed by atoms with Gasteiger partial charge in [0.25, 0.3) is 5.91 Å². The monoisotopic (exact) mass is 328 g/mol. The molecule has 5 nitrogen and oxygen atoms in total. The van der Waals surface area contributed by atoms with Crippen molar-refractivity contribution in [1.82, 2.24) is 4.90 Å². The van der Waals surface area contributed by atoms with Crippen LogP contribution >= 0.6 is 15.9 Å². The molecule has 0 aliphatic rings. The van der Waals surface area contributed by atoms with Crippen molar-refractivity contribution in [2.24, 2.45) is 0 Å². The minimum atomic E-state index is -0.419. The standard InChI is InChI=1S/C13H17BrN2O3/c1-3-16(8-12(17)19-4-2)13(18)10-7-9(15)5-6-11(10)14/h5-7H,3-4,8,15H2,1-2H3. The summed E-state index contributed by atoms with van der Waals surface area (Å²) in [5.41, 5.74) is 6.61. The first-order valence-corrected chi connectivity index (χ1v) is 6.78. The van der Waals surface area contributed by atoms with Crippen molar-refractivity contribution in [1.29, 1.82) is 0 Å². The van der Waals surface area contributed by atoms with Crippen LogP contribution in [0.15, 0.2) is 22.7 Å². The van der Waals surface area contributed by atoms with Gasteiger partial charge in [-0.1, -0.05) is 0 Å². The molecule has 1 aromatic rings. The summed E-state index contributed by atoms with van der Waals surface area (Å²) in [5.74, 6) is -0.674. The number of rotatable bonds is 5. The minimum absolute atomic E-state index is 0.0651. The van der Waals surface area contributed by atoms with Crippen LogP contribution in [0, 0.1) is 0 Å². The van der Waals surface area contributed by atoms with Crippen LogP contribution in [-0.4, -0.2) is 36.5 Å². The predicted octanol–water partition coefficient (Wildman–Crippen LogP) is 2.06. The molecule has 0 aliphatic carbocycles. The molecule has 0 radical (unpaired) electrons. The Hall–Kier alpha value is -1.56. The minimum Gasteiger partial charge on any atom is -0.465 e. The quantitative estimate of drug-likeness (QED) is 0.663. The first-order valence-electron chi connectivity index (χ1n) is 5.99. The SMILES string of the molecule is CCOC(=O)CN(CC)C(=O)c1cc(N)ccc1Br. The van der Waals surface area contributed by atoms with Gasteiger partial charge in [-0.05, 0) is 48.0 Å². The molecule has 0 bridgehead atoms.